The number of rotatable bonds is 8. The molecule has 0 aromatic heterocycles. The van der Waals surface area contributed by atoms with Crippen LogP contribution in [0.25, 0.3) is 0 Å². The Labute approximate surface area is 166 Å². The minimum atomic E-state index is -3.38. The highest BCUT2D eigenvalue weighted by atomic mass is 127. The molecule has 1 aromatic carbocycles. The molecule has 2 N–H and O–H groups in total. The van der Waals surface area contributed by atoms with E-state index in [-0.39, 0.29) is 24.0 Å². The average molecular weight is 486 g/mol. The van der Waals surface area contributed by atoms with Crippen molar-refractivity contribution in [3.63, 3.8) is 0 Å². The van der Waals surface area contributed by atoms with Crippen LogP contribution in [0.1, 0.15) is 12.5 Å². The summed E-state index contributed by atoms with van der Waals surface area (Å²) in [5.74, 6) is 1.79. The number of guanidine groups is 1. The molecule has 0 unspecified atom stereocenters. The molecule has 6 nitrogen and oxygen atoms in total. The molecule has 9 heteroatoms. The maximum Gasteiger partial charge on any atom is 0.242 e. The lowest BCUT2D eigenvalue weighted by Crippen LogP contribution is -2.38. The lowest BCUT2D eigenvalue weighted by atomic mass is 10.2. The number of aliphatic imine (C=N–C) groups is 1. The van der Waals surface area contributed by atoms with Gasteiger partial charge >= 0.3 is 0 Å². The zero-order valence-electron chi connectivity index (χ0n) is 14.6. The molecule has 0 saturated carbocycles. The van der Waals surface area contributed by atoms with E-state index in [1.54, 1.807) is 36.0 Å². The minimum Gasteiger partial charge on any atom is -0.357 e. The van der Waals surface area contributed by atoms with Gasteiger partial charge in [0.05, 0.1) is 11.4 Å². The first-order valence-corrected chi connectivity index (χ1v) is 10.3. The summed E-state index contributed by atoms with van der Waals surface area (Å²) in [5.41, 5.74) is 0.963. The van der Waals surface area contributed by atoms with E-state index in [4.69, 9.17) is 0 Å². The number of sulfonamides is 1. The lowest BCUT2D eigenvalue weighted by molar-refractivity contribution is 0.520. The van der Waals surface area contributed by atoms with Crippen molar-refractivity contribution in [3.05, 3.63) is 29.8 Å². The Bertz CT molecular complexity index is 604. The zero-order chi connectivity index (χ0) is 17.3. The molecule has 0 amide bonds. The largest absolute Gasteiger partial charge is 0.357 e. The van der Waals surface area contributed by atoms with Gasteiger partial charge < -0.3 is 10.6 Å². The van der Waals surface area contributed by atoms with Crippen LogP contribution < -0.4 is 10.6 Å². The molecule has 0 fully saturated rings. The molecule has 0 radical (unpaired) electrons. The van der Waals surface area contributed by atoms with E-state index in [0.29, 0.717) is 11.4 Å². The second-order valence-electron chi connectivity index (χ2n) is 5.05. The number of hydrogen-bond donors (Lipinski definition) is 2. The third-order valence-electron chi connectivity index (χ3n) is 3.06. The smallest absolute Gasteiger partial charge is 0.242 e. The van der Waals surface area contributed by atoms with Crippen molar-refractivity contribution in [1.29, 1.82) is 0 Å². The normalized spacial score (nSPS) is 12.0. The summed E-state index contributed by atoms with van der Waals surface area (Å²) in [7, 11) is -0.329. The van der Waals surface area contributed by atoms with E-state index in [2.05, 4.69) is 21.9 Å². The predicted octanol–water partition coefficient (Wildman–Crippen LogP) is 1.97. The van der Waals surface area contributed by atoms with Gasteiger partial charge in [0.2, 0.25) is 10.0 Å². The molecule has 0 aliphatic rings. The van der Waals surface area contributed by atoms with Gasteiger partial charge in [0.25, 0.3) is 0 Å². The van der Waals surface area contributed by atoms with Gasteiger partial charge in [-0.15, -0.1) is 24.0 Å². The standard InChI is InChI=1S/C15H26N4O2S2.HI/c1-5-16-15(17-10-11-22-4)18-12-13-6-8-14(9-7-13)23(20,21)19(2)3;/h6-9H,5,10-12H2,1-4H3,(H2,16,17,18);1H. The Balaban J connectivity index is 0.00000529. The maximum atomic E-state index is 12.0. The van der Waals surface area contributed by atoms with E-state index in [1.165, 1.54) is 18.4 Å². The van der Waals surface area contributed by atoms with Crippen molar-refractivity contribution in [3.8, 4) is 0 Å². The van der Waals surface area contributed by atoms with E-state index in [0.717, 1.165) is 30.4 Å². The van der Waals surface area contributed by atoms with E-state index >= 15 is 0 Å². The quantitative estimate of drug-likeness (QED) is 0.255. The van der Waals surface area contributed by atoms with Crippen LogP contribution in [0, 0.1) is 0 Å². The van der Waals surface area contributed by atoms with Gasteiger partial charge in [-0.1, -0.05) is 12.1 Å². The van der Waals surface area contributed by atoms with Crippen molar-refractivity contribution >= 4 is 51.7 Å². The molecular weight excluding hydrogens is 459 g/mol. The van der Waals surface area contributed by atoms with E-state index in [9.17, 15) is 8.42 Å². The van der Waals surface area contributed by atoms with Crippen LogP contribution in [0.15, 0.2) is 34.2 Å². The van der Waals surface area contributed by atoms with Crippen molar-refractivity contribution in [2.75, 3.05) is 39.2 Å². The van der Waals surface area contributed by atoms with Crippen molar-refractivity contribution < 1.29 is 8.42 Å². The van der Waals surface area contributed by atoms with Crippen molar-refractivity contribution in [2.24, 2.45) is 4.99 Å². The highest BCUT2D eigenvalue weighted by Crippen LogP contribution is 2.14. The van der Waals surface area contributed by atoms with E-state index in [1.807, 2.05) is 6.92 Å². The fourth-order valence-electron chi connectivity index (χ4n) is 1.76. The van der Waals surface area contributed by atoms with Gasteiger partial charge in [0.15, 0.2) is 5.96 Å². The molecule has 0 bridgehead atoms. The summed E-state index contributed by atoms with van der Waals surface area (Å²) in [6.45, 7) is 4.17. The summed E-state index contributed by atoms with van der Waals surface area (Å²) in [6, 6.07) is 6.83. The Morgan fingerprint density at radius 1 is 1.21 bits per heavy atom. The molecule has 0 spiro atoms. The Morgan fingerprint density at radius 3 is 2.33 bits per heavy atom. The number of halogens is 1. The first-order chi connectivity index (χ1) is 10.9. The van der Waals surface area contributed by atoms with Gasteiger partial charge in [0.1, 0.15) is 0 Å². The van der Waals surface area contributed by atoms with Gasteiger partial charge in [0, 0.05) is 32.9 Å². The van der Waals surface area contributed by atoms with Gasteiger partial charge in [-0.25, -0.2) is 17.7 Å². The fourth-order valence-corrected chi connectivity index (χ4v) is 2.97. The molecule has 0 aliphatic heterocycles. The summed E-state index contributed by atoms with van der Waals surface area (Å²) >= 11 is 1.78. The third kappa shape index (κ3) is 7.58. The van der Waals surface area contributed by atoms with Crippen LogP contribution in [0.3, 0.4) is 0 Å². The summed E-state index contributed by atoms with van der Waals surface area (Å²) in [5, 5.41) is 6.45. The SMILES string of the molecule is CCNC(=NCc1ccc(S(=O)(=O)N(C)C)cc1)NCCSC.I. The first-order valence-electron chi connectivity index (χ1n) is 7.44. The third-order valence-corrected chi connectivity index (χ3v) is 5.51. The van der Waals surface area contributed by atoms with Crippen LogP contribution in [0.2, 0.25) is 0 Å². The second-order valence-corrected chi connectivity index (χ2v) is 8.18. The predicted molar refractivity (Wildman–Crippen MR) is 114 cm³/mol. The molecule has 138 valence electrons. The molecule has 0 saturated heterocycles. The number of nitrogens with zero attached hydrogens (tertiary/aromatic N) is 2. The van der Waals surface area contributed by atoms with Gasteiger partial charge in [-0.3, -0.25) is 0 Å². The summed E-state index contributed by atoms with van der Waals surface area (Å²) in [6.07, 6.45) is 2.06. The molecule has 0 aliphatic carbocycles. The number of benzene rings is 1. The van der Waals surface area contributed by atoms with Crippen LogP contribution in [0.5, 0.6) is 0 Å². The molecule has 0 heterocycles. The van der Waals surface area contributed by atoms with Crippen LogP contribution in [-0.2, 0) is 16.6 Å². The monoisotopic (exact) mass is 486 g/mol. The summed E-state index contributed by atoms with van der Waals surface area (Å²) in [4.78, 5) is 4.80. The molecule has 1 aromatic rings. The Hall–Kier alpha value is -0.520. The molecular formula is C15H27IN4O2S2. The van der Waals surface area contributed by atoms with Crippen LogP contribution in [0.4, 0.5) is 0 Å². The molecule has 1 rings (SSSR count). The van der Waals surface area contributed by atoms with Crippen molar-refractivity contribution in [2.45, 2.75) is 18.4 Å². The molecule has 24 heavy (non-hydrogen) atoms. The average Bonchev–Trinajstić information content (AvgIpc) is 2.53. The second kappa shape index (κ2) is 11.9. The Kier molecular flexibility index (Phi) is 11.7. The van der Waals surface area contributed by atoms with Gasteiger partial charge in [-0.2, -0.15) is 11.8 Å². The number of nitrogens with one attached hydrogen (secondary N) is 2. The Morgan fingerprint density at radius 2 is 1.83 bits per heavy atom. The number of hydrogen-bond acceptors (Lipinski definition) is 4. The van der Waals surface area contributed by atoms with Crippen molar-refractivity contribution in [1.82, 2.24) is 14.9 Å². The summed E-state index contributed by atoms with van der Waals surface area (Å²) < 4.78 is 25.2. The highest BCUT2D eigenvalue weighted by molar-refractivity contribution is 14.0. The number of thioether (sulfide) groups is 1. The highest BCUT2D eigenvalue weighted by Gasteiger charge is 2.16. The molecule has 0 atom stereocenters. The van der Waals surface area contributed by atoms with Crippen LogP contribution >= 0.6 is 35.7 Å². The van der Waals surface area contributed by atoms with Gasteiger partial charge in [-0.05, 0) is 30.9 Å². The fraction of sp³-hybridized carbons (Fsp3) is 0.533. The van der Waals surface area contributed by atoms with Crippen LogP contribution in [-0.4, -0.2) is 57.9 Å². The lowest BCUT2D eigenvalue weighted by Gasteiger charge is -2.12. The minimum absolute atomic E-state index is 0. The zero-order valence-corrected chi connectivity index (χ0v) is 18.5. The van der Waals surface area contributed by atoms with E-state index < -0.39 is 10.0 Å². The topological polar surface area (TPSA) is 73.8 Å². The first kappa shape index (κ1) is 23.5. The maximum absolute atomic E-state index is 12.0.